The van der Waals surface area contributed by atoms with E-state index in [-0.39, 0.29) is 11.3 Å². The number of oxime groups is 1. The molecule has 0 aromatic heterocycles. The van der Waals surface area contributed by atoms with Crippen LogP contribution < -0.4 is 9.47 Å². The standard InChI is InChI=1S/C17H16FNO4/c1-3-22-19-11-12-8-9-15(16(10-12)21-2)23-17(20)13-6-4-5-7-14(13)18/h4-11H,3H2,1-2H3/b19-11+. The molecule has 0 aliphatic heterocycles. The van der Waals surface area contributed by atoms with Crippen LogP contribution in [0.4, 0.5) is 4.39 Å². The summed E-state index contributed by atoms with van der Waals surface area (Å²) in [5.74, 6) is -0.918. The first-order chi connectivity index (χ1) is 11.2. The summed E-state index contributed by atoms with van der Waals surface area (Å²) in [6.45, 7) is 2.29. The number of esters is 1. The van der Waals surface area contributed by atoms with Crippen LogP contribution >= 0.6 is 0 Å². The summed E-state index contributed by atoms with van der Waals surface area (Å²) in [6, 6.07) is 10.5. The smallest absolute Gasteiger partial charge is 0.346 e. The Morgan fingerprint density at radius 3 is 2.70 bits per heavy atom. The molecule has 0 heterocycles. The van der Waals surface area contributed by atoms with Gasteiger partial charge in [-0.1, -0.05) is 17.3 Å². The number of ether oxygens (including phenoxy) is 2. The second-order valence-electron chi connectivity index (χ2n) is 4.43. The van der Waals surface area contributed by atoms with E-state index in [4.69, 9.17) is 14.3 Å². The van der Waals surface area contributed by atoms with Crippen LogP contribution in [0.15, 0.2) is 47.6 Å². The van der Waals surface area contributed by atoms with E-state index in [1.807, 2.05) is 6.92 Å². The van der Waals surface area contributed by atoms with Gasteiger partial charge in [-0.15, -0.1) is 0 Å². The molecule has 5 nitrogen and oxygen atoms in total. The van der Waals surface area contributed by atoms with Crippen LogP contribution in [0, 0.1) is 5.82 Å². The van der Waals surface area contributed by atoms with Gasteiger partial charge in [0, 0.05) is 5.56 Å². The Morgan fingerprint density at radius 2 is 2.00 bits per heavy atom. The number of benzene rings is 2. The number of halogens is 1. The molecule has 0 bridgehead atoms. The SMILES string of the molecule is CCO/N=C/c1ccc(OC(=O)c2ccccc2F)c(OC)c1. The number of carbonyl (C=O) groups excluding carboxylic acids is 1. The molecule has 0 amide bonds. The highest BCUT2D eigenvalue weighted by atomic mass is 19.1. The highest BCUT2D eigenvalue weighted by molar-refractivity contribution is 5.91. The van der Waals surface area contributed by atoms with E-state index >= 15 is 0 Å². The molecule has 6 heteroatoms. The maximum Gasteiger partial charge on any atom is 0.346 e. The molecule has 0 atom stereocenters. The van der Waals surface area contributed by atoms with Gasteiger partial charge in [0.2, 0.25) is 0 Å². The van der Waals surface area contributed by atoms with Gasteiger partial charge >= 0.3 is 5.97 Å². The summed E-state index contributed by atoms with van der Waals surface area (Å²) in [5.41, 5.74) is 0.567. The van der Waals surface area contributed by atoms with E-state index in [9.17, 15) is 9.18 Å². The lowest BCUT2D eigenvalue weighted by atomic mass is 10.2. The first-order valence-corrected chi connectivity index (χ1v) is 6.95. The number of hydrogen-bond acceptors (Lipinski definition) is 5. The zero-order chi connectivity index (χ0) is 16.7. The quantitative estimate of drug-likeness (QED) is 0.354. The van der Waals surface area contributed by atoms with Crippen molar-refractivity contribution >= 4 is 12.2 Å². The van der Waals surface area contributed by atoms with Crippen LogP contribution in [0.3, 0.4) is 0 Å². The summed E-state index contributed by atoms with van der Waals surface area (Å²) in [5, 5.41) is 3.75. The van der Waals surface area contributed by atoms with Crippen molar-refractivity contribution in [1.82, 2.24) is 0 Å². The maximum absolute atomic E-state index is 13.6. The monoisotopic (exact) mass is 317 g/mol. The van der Waals surface area contributed by atoms with Crippen LogP contribution in [0.25, 0.3) is 0 Å². The van der Waals surface area contributed by atoms with Crippen molar-refractivity contribution < 1.29 is 23.5 Å². The van der Waals surface area contributed by atoms with Gasteiger partial charge in [0.25, 0.3) is 0 Å². The molecule has 0 aliphatic carbocycles. The van der Waals surface area contributed by atoms with Gasteiger partial charge in [-0.25, -0.2) is 9.18 Å². The molecule has 0 unspecified atom stereocenters. The number of nitrogens with zero attached hydrogens (tertiary/aromatic N) is 1. The minimum atomic E-state index is -0.794. The zero-order valence-electron chi connectivity index (χ0n) is 12.8. The molecule has 0 radical (unpaired) electrons. The van der Waals surface area contributed by atoms with Crippen molar-refractivity contribution in [2.75, 3.05) is 13.7 Å². The van der Waals surface area contributed by atoms with Gasteiger partial charge in [0.05, 0.1) is 18.9 Å². The molecule has 23 heavy (non-hydrogen) atoms. The van der Waals surface area contributed by atoms with Crippen molar-refractivity contribution in [3.05, 3.63) is 59.4 Å². The fourth-order valence-corrected chi connectivity index (χ4v) is 1.80. The third-order valence-electron chi connectivity index (χ3n) is 2.89. The van der Waals surface area contributed by atoms with Crippen LogP contribution in [0.5, 0.6) is 11.5 Å². The fourth-order valence-electron chi connectivity index (χ4n) is 1.80. The van der Waals surface area contributed by atoms with Crippen molar-refractivity contribution in [1.29, 1.82) is 0 Å². The second-order valence-corrected chi connectivity index (χ2v) is 4.43. The predicted molar refractivity (Wildman–Crippen MR) is 83.6 cm³/mol. The van der Waals surface area contributed by atoms with E-state index in [0.29, 0.717) is 17.9 Å². The summed E-state index contributed by atoms with van der Waals surface area (Å²) in [7, 11) is 1.44. The van der Waals surface area contributed by atoms with E-state index in [1.165, 1.54) is 31.5 Å². The maximum atomic E-state index is 13.6. The lowest BCUT2D eigenvalue weighted by Gasteiger charge is -2.10. The molecule has 0 aliphatic rings. The summed E-state index contributed by atoms with van der Waals surface area (Å²) in [4.78, 5) is 16.9. The molecule has 0 saturated carbocycles. The van der Waals surface area contributed by atoms with Crippen molar-refractivity contribution in [2.45, 2.75) is 6.92 Å². The zero-order valence-corrected chi connectivity index (χ0v) is 12.8. The molecular formula is C17H16FNO4. The molecule has 0 saturated heterocycles. The largest absolute Gasteiger partial charge is 0.493 e. The van der Waals surface area contributed by atoms with Crippen LogP contribution in [0.1, 0.15) is 22.8 Å². The van der Waals surface area contributed by atoms with E-state index < -0.39 is 11.8 Å². The Hall–Kier alpha value is -2.89. The highest BCUT2D eigenvalue weighted by Crippen LogP contribution is 2.28. The van der Waals surface area contributed by atoms with Gasteiger partial charge in [-0.05, 0) is 37.3 Å². The minimum Gasteiger partial charge on any atom is -0.493 e. The molecular weight excluding hydrogens is 301 g/mol. The van der Waals surface area contributed by atoms with Crippen molar-refractivity contribution in [2.24, 2.45) is 5.16 Å². The van der Waals surface area contributed by atoms with Crippen molar-refractivity contribution in [3.8, 4) is 11.5 Å². The Balaban J connectivity index is 2.19. The van der Waals surface area contributed by atoms with Gasteiger partial charge < -0.3 is 14.3 Å². The summed E-state index contributed by atoms with van der Waals surface area (Å²) in [6.07, 6.45) is 1.51. The lowest BCUT2D eigenvalue weighted by Crippen LogP contribution is -2.11. The second kappa shape index (κ2) is 7.93. The lowest BCUT2D eigenvalue weighted by molar-refractivity contribution is 0.0725. The predicted octanol–water partition coefficient (Wildman–Crippen LogP) is 3.42. The molecule has 0 N–H and O–H groups in total. The van der Waals surface area contributed by atoms with Gasteiger partial charge in [-0.2, -0.15) is 0 Å². The van der Waals surface area contributed by atoms with Gasteiger partial charge in [0.1, 0.15) is 12.4 Å². The van der Waals surface area contributed by atoms with Crippen molar-refractivity contribution in [3.63, 3.8) is 0 Å². The van der Waals surface area contributed by atoms with Crippen LogP contribution in [-0.4, -0.2) is 25.9 Å². The topological polar surface area (TPSA) is 57.1 Å². The van der Waals surface area contributed by atoms with E-state index in [0.717, 1.165) is 0 Å². The third kappa shape index (κ3) is 4.29. The highest BCUT2D eigenvalue weighted by Gasteiger charge is 2.16. The first kappa shape index (κ1) is 16.5. The Labute approximate surface area is 133 Å². The summed E-state index contributed by atoms with van der Waals surface area (Å²) < 4.78 is 24.0. The van der Waals surface area contributed by atoms with Gasteiger partial charge in [-0.3, -0.25) is 0 Å². The normalized spacial score (nSPS) is 10.6. The van der Waals surface area contributed by atoms with Crippen LogP contribution in [-0.2, 0) is 4.84 Å². The Bertz CT molecular complexity index is 715. The number of methoxy groups -OCH3 is 1. The van der Waals surface area contributed by atoms with Crippen LogP contribution in [0.2, 0.25) is 0 Å². The molecule has 0 spiro atoms. The average Bonchev–Trinajstić information content (AvgIpc) is 2.56. The van der Waals surface area contributed by atoms with E-state index in [2.05, 4.69) is 5.16 Å². The van der Waals surface area contributed by atoms with Gasteiger partial charge in [0.15, 0.2) is 11.5 Å². The molecule has 120 valence electrons. The average molecular weight is 317 g/mol. The molecule has 2 aromatic rings. The fraction of sp³-hybridized carbons (Fsp3) is 0.176. The Kier molecular flexibility index (Phi) is 5.68. The number of carbonyl (C=O) groups is 1. The first-order valence-electron chi connectivity index (χ1n) is 6.95. The summed E-state index contributed by atoms with van der Waals surface area (Å²) >= 11 is 0. The molecule has 0 fully saturated rings. The van der Waals surface area contributed by atoms with E-state index in [1.54, 1.807) is 24.3 Å². The number of hydrogen-bond donors (Lipinski definition) is 0. The number of rotatable bonds is 6. The third-order valence-corrected chi connectivity index (χ3v) is 2.89. The Morgan fingerprint density at radius 1 is 1.22 bits per heavy atom. The molecule has 2 aromatic carbocycles. The molecule has 2 rings (SSSR count). The minimum absolute atomic E-state index is 0.142.